The predicted octanol–water partition coefficient (Wildman–Crippen LogP) is 1.06. The van der Waals surface area contributed by atoms with Crippen molar-refractivity contribution < 1.29 is 0 Å². The minimum atomic E-state index is 0.378. The van der Waals surface area contributed by atoms with Gasteiger partial charge in [-0.2, -0.15) is 4.37 Å². The van der Waals surface area contributed by atoms with Crippen LogP contribution in [0.2, 0.25) is 0 Å². The van der Waals surface area contributed by atoms with E-state index in [4.69, 9.17) is 5.73 Å². The molecule has 66 valence electrons. The van der Waals surface area contributed by atoms with Crippen molar-refractivity contribution in [2.24, 2.45) is 5.73 Å². The number of aromatic nitrogens is 3. The van der Waals surface area contributed by atoms with Crippen LogP contribution in [0.3, 0.4) is 0 Å². The maximum atomic E-state index is 5.40. The summed E-state index contributed by atoms with van der Waals surface area (Å²) < 4.78 is 4.08. The summed E-state index contributed by atoms with van der Waals surface area (Å²) in [7, 11) is 0. The Bertz CT molecular complexity index is 384. The van der Waals surface area contributed by atoms with E-state index in [1.54, 1.807) is 6.20 Å². The highest BCUT2D eigenvalue weighted by molar-refractivity contribution is 7.09. The second-order valence-corrected chi connectivity index (χ2v) is 3.19. The monoisotopic (exact) mass is 192 g/mol. The standard InChI is InChI=1S/C8H8N4S/c9-5-7-11-8(13-12-7)6-3-1-2-4-10-6/h1-4H,5,9H2. The molecule has 2 N–H and O–H groups in total. The largest absolute Gasteiger partial charge is 0.324 e. The van der Waals surface area contributed by atoms with Crippen LogP contribution < -0.4 is 5.73 Å². The number of nitrogens with zero attached hydrogens (tertiary/aromatic N) is 3. The van der Waals surface area contributed by atoms with Crippen molar-refractivity contribution in [3.8, 4) is 10.7 Å². The Hall–Kier alpha value is -1.33. The normalized spacial score (nSPS) is 10.2. The first-order valence-electron chi connectivity index (χ1n) is 3.84. The van der Waals surface area contributed by atoms with E-state index in [9.17, 15) is 0 Å². The highest BCUT2D eigenvalue weighted by atomic mass is 32.1. The molecule has 0 aliphatic rings. The number of hydrogen-bond donors (Lipinski definition) is 1. The van der Waals surface area contributed by atoms with Crippen LogP contribution in [0.5, 0.6) is 0 Å². The van der Waals surface area contributed by atoms with Gasteiger partial charge in [0.25, 0.3) is 0 Å². The molecule has 0 bridgehead atoms. The highest BCUT2D eigenvalue weighted by Crippen LogP contribution is 2.17. The first-order valence-corrected chi connectivity index (χ1v) is 4.61. The maximum absolute atomic E-state index is 5.40. The molecule has 0 amide bonds. The zero-order chi connectivity index (χ0) is 9.10. The number of hydrogen-bond acceptors (Lipinski definition) is 5. The van der Waals surface area contributed by atoms with Crippen molar-refractivity contribution in [1.29, 1.82) is 0 Å². The first kappa shape index (κ1) is 8.28. The van der Waals surface area contributed by atoms with Crippen LogP contribution in [0.15, 0.2) is 24.4 Å². The van der Waals surface area contributed by atoms with Crippen molar-refractivity contribution >= 4 is 11.5 Å². The van der Waals surface area contributed by atoms with Crippen LogP contribution in [0, 0.1) is 0 Å². The number of nitrogens with two attached hydrogens (primary N) is 1. The molecule has 0 aliphatic heterocycles. The lowest BCUT2D eigenvalue weighted by molar-refractivity contribution is 0.958. The van der Waals surface area contributed by atoms with Crippen LogP contribution in [0.4, 0.5) is 0 Å². The van der Waals surface area contributed by atoms with Gasteiger partial charge in [0.05, 0.1) is 6.54 Å². The van der Waals surface area contributed by atoms with Crippen molar-refractivity contribution in [2.45, 2.75) is 6.54 Å². The number of pyridine rings is 1. The summed E-state index contributed by atoms with van der Waals surface area (Å²) >= 11 is 1.32. The maximum Gasteiger partial charge on any atom is 0.162 e. The molecule has 0 aliphatic carbocycles. The molecule has 0 fully saturated rings. The molecule has 0 saturated heterocycles. The highest BCUT2D eigenvalue weighted by Gasteiger charge is 2.04. The molecule has 2 aromatic rings. The SMILES string of the molecule is NCc1nsc(-c2ccccn2)n1. The van der Waals surface area contributed by atoms with Gasteiger partial charge in [0.2, 0.25) is 0 Å². The van der Waals surface area contributed by atoms with Crippen molar-refractivity contribution in [1.82, 2.24) is 14.3 Å². The van der Waals surface area contributed by atoms with E-state index in [0.717, 1.165) is 10.7 Å². The molecule has 13 heavy (non-hydrogen) atoms. The molecule has 0 aromatic carbocycles. The van der Waals surface area contributed by atoms with Crippen LogP contribution >= 0.6 is 11.5 Å². The summed E-state index contributed by atoms with van der Waals surface area (Å²) in [4.78, 5) is 8.38. The second kappa shape index (κ2) is 3.59. The van der Waals surface area contributed by atoms with E-state index in [0.29, 0.717) is 12.4 Å². The van der Waals surface area contributed by atoms with Gasteiger partial charge >= 0.3 is 0 Å². The van der Waals surface area contributed by atoms with E-state index in [-0.39, 0.29) is 0 Å². The summed E-state index contributed by atoms with van der Waals surface area (Å²) in [6.45, 7) is 0.378. The predicted molar refractivity (Wildman–Crippen MR) is 51.0 cm³/mol. The van der Waals surface area contributed by atoms with Gasteiger partial charge in [-0.05, 0) is 23.7 Å². The second-order valence-electron chi connectivity index (χ2n) is 2.43. The Labute approximate surface area is 79.6 Å². The molecule has 0 radical (unpaired) electrons. The van der Waals surface area contributed by atoms with Gasteiger partial charge in [-0.15, -0.1) is 0 Å². The van der Waals surface area contributed by atoms with E-state index >= 15 is 0 Å². The summed E-state index contributed by atoms with van der Waals surface area (Å²) in [5.74, 6) is 0.672. The van der Waals surface area contributed by atoms with Gasteiger partial charge < -0.3 is 5.73 Å². The Morgan fingerprint density at radius 3 is 2.92 bits per heavy atom. The average molecular weight is 192 g/mol. The van der Waals surface area contributed by atoms with Gasteiger partial charge in [-0.1, -0.05) is 6.07 Å². The quantitative estimate of drug-likeness (QED) is 0.772. The zero-order valence-electron chi connectivity index (χ0n) is 6.84. The fourth-order valence-corrected chi connectivity index (χ4v) is 1.60. The third-order valence-electron chi connectivity index (χ3n) is 1.53. The Balaban J connectivity index is 2.36. The molecular weight excluding hydrogens is 184 g/mol. The Morgan fingerprint density at radius 1 is 1.38 bits per heavy atom. The fourth-order valence-electron chi connectivity index (χ4n) is 0.930. The summed E-state index contributed by atoms with van der Waals surface area (Å²) in [6.07, 6.45) is 1.73. The molecule has 4 nitrogen and oxygen atoms in total. The van der Waals surface area contributed by atoms with E-state index < -0.39 is 0 Å². The fraction of sp³-hybridized carbons (Fsp3) is 0.125. The van der Waals surface area contributed by atoms with Crippen LogP contribution in [0.25, 0.3) is 10.7 Å². The molecule has 2 heterocycles. The smallest absolute Gasteiger partial charge is 0.162 e. The lowest BCUT2D eigenvalue weighted by Crippen LogP contribution is -1.97. The van der Waals surface area contributed by atoms with Gasteiger partial charge in [0.15, 0.2) is 10.8 Å². The summed E-state index contributed by atoms with van der Waals surface area (Å²) in [5.41, 5.74) is 6.25. The van der Waals surface area contributed by atoms with Gasteiger partial charge in [-0.3, -0.25) is 4.98 Å². The van der Waals surface area contributed by atoms with E-state index in [1.807, 2.05) is 18.2 Å². The van der Waals surface area contributed by atoms with E-state index in [2.05, 4.69) is 14.3 Å². The molecule has 0 unspecified atom stereocenters. The third kappa shape index (κ3) is 1.71. The van der Waals surface area contributed by atoms with Crippen molar-refractivity contribution in [3.05, 3.63) is 30.2 Å². The molecule has 2 aromatic heterocycles. The lowest BCUT2D eigenvalue weighted by Gasteiger charge is -1.90. The average Bonchev–Trinajstić information content (AvgIpc) is 2.67. The molecule has 2 rings (SSSR count). The van der Waals surface area contributed by atoms with Gasteiger partial charge in [0.1, 0.15) is 5.69 Å². The molecule has 0 saturated carbocycles. The van der Waals surface area contributed by atoms with Crippen molar-refractivity contribution in [3.63, 3.8) is 0 Å². The topological polar surface area (TPSA) is 64.7 Å². The van der Waals surface area contributed by atoms with Crippen LogP contribution in [-0.4, -0.2) is 14.3 Å². The summed E-state index contributed by atoms with van der Waals surface area (Å²) in [5, 5.41) is 0.820. The van der Waals surface area contributed by atoms with Crippen molar-refractivity contribution in [2.75, 3.05) is 0 Å². The molecule has 0 spiro atoms. The van der Waals surface area contributed by atoms with Crippen LogP contribution in [0.1, 0.15) is 5.82 Å². The number of rotatable bonds is 2. The minimum Gasteiger partial charge on any atom is -0.324 e. The van der Waals surface area contributed by atoms with Gasteiger partial charge in [0, 0.05) is 6.20 Å². The summed E-state index contributed by atoms with van der Waals surface area (Å²) in [6, 6.07) is 5.70. The van der Waals surface area contributed by atoms with Crippen LogP contribution in [-0.2, 0) is 6.54 Å². The van der Waals surface area contributed by atoms with Gasteiger partial charge in [-0.25, -0.2) is 4.98 Å². The molecule has 5 heteroatoms. The molecule has 0 atom stereocenters. The Kier molecular flexibility index (Phi) is 2.29. The third-order valence-corrected chi connectivity index (χ3v) is 2.31. The van der Waals surface area contributed by atoms with E-state index in [1.165, 1.54) is 11.5 Å². The lowest BCUT2D eigenvalue weighted by atomic mass is 10.4. The Morgan fingerprint density at radius 2 is 2.31 bits per heavy atom. The zero-order valence-corrected chi connectivity index (χ0v) is 7.66. The minimum absolute atomic E-state index is 0.378. The molecular formula is C8H8N4S. The first-order chi connectivity index (χ1) is 6.40.